The summed E-state index contributed by atoms with van der Waals surface area (Å²) in [4.78, 5) is 4.16. The number of pyridine rings is 1. The van der Waals surface area contributed by atoms with E-state index in [1.54, 1.807) is 19.2 Å². The Hall–Kier alpha value is -2.27. The van der Waals surface area contributed by atoms with E-state index in [-0.39, 0.29) is 36.1 Å². The van der Waals surface area contributed by atoms with Gasteiger partial charge in [0.1, 0.15) is 5.82 Å². The Morgan fingerprint density at radius 3 is 2.77 bits per heavy atom. The number of nitrogens with zero attached hydrogens (tertiary/aromatic N) is 4. The first-order valence-corrected chi connectivity index (χ1v) is 7.82. The van der Waals surface area contributed by atoms with Crippen molar-refractivity contribution in [2.45, 2.75) is 19.7 Å². The van der Waals surface area contributed by atoms with Gasteiger partial charge in [0.15, 0.2) is 17.4 Å². The summed E-state index contributed by atoms with van der Waals surface area (Å²) in [5, 5.41) is 23.7. The Bertz CT molecular complexity index is 898. The van der Waals surface area contributed by atoms with E-state index in [4.69, 9.17) is 5.11 Å². The third-order valence-corrected chi connectivity index (χ3v) is 3.76. The third-order valence-electron chi connectivity index (χ3n) is 3.76. The molecule has 138 valence electrons. The summed E-state index contributed by atoms with van der Waals surface area (Å²) in [6.45, 7) is 0.580. The van der Waals surface area contributed by atoms with Crippen LogP contribution in [-0.2, 0) is 19.7 Å². The molecule has 0 aliphatic carbocycles. The minimum Gasteiger partial charge on any atom is -0.392 e. The number of hydrogen-bond donors (Lipinski definition) is 3. The van der Waals surface area contributed by atoms with Crippen LogP contribution in [0.3, 0.4) is 0 Å². The van der Waals surface area contributed by atoms with Gasteiger partial charge in [-0.1, -0.05) is 12.1 Å². The molecule has 7 nitrogen and oxygen atoms in total. The molecule has 3 rings (SSSR count). The summed E-state index contributed by atoms with van der Waals surface area (Å²) in [6, 6.07) is 10.4. The fourth-order valence-corrected chi connectivity index (χ4v) is 2.44. The number of aliphatic hydroxyl groups excluding tert-OH is 1. The maximum Gasteiger partial charge on any atom is 0.191 e. The lowest BCUT2D eigenvalue weighted by molar-refractivity contribution is 0.275. The van der Waals surface area contributed by atoms with Crippen molar-refractivity contribution in [2.75, 3.05) is 7.05 Å². The first kappa shape index (κ1) is 20.0. The zero-order chi connectivity index (χ0) is 17.6. The van der Waals surface area contributed by atoms with Crippen molar-refractivity contribution in [1.29, 1.82) is 0 Å². The van der Waals surface area contributed by atoms with Crippen LogP contribution >= 0.6 is 24.0 Å². The van der Waals surface area contributed by atoms with Crippen molar-refractivity contribution in [3.63, 3.8) is 0 Å². The summed E-state index contributed by atoms with van der Waals surface area (Å²) in [6.07, 6.45) is 1.90. The topological polar surface area (TPSA) is 86.8 Å². The Kier molecular flexibility index (Phi) is 7.27. The van der Waals surface area contributed by atoms with E-state index in [0.717, 1.165) is 17.0 Å². The number of aromatic nitrogens is 3. The standard InChI is InChI=1S/C17H19FN6O.HI/c1-19-17(20-9-12-5-6-14(18)13(8-12)11-25)21-10-16-23-22-15-4-2-3-7-24(15)16;/h2-8,25H,9-11H2,1H3,(H2,19,20,21);1H. The molecule has 0 aliphatic rings. The van der Waals surface area contributed by atoms with Gasteiger partial charge in [-0.25, -0.2) is 4.39 Å². The predicted molar refractivity (Wildman–Crippen MR) is 108 cm³/mol. The van der Waals surface area contributed by atoms with Gasteiger partial charge in [-0.3, -0.25) is 9.39 Å². The highest BCUT2D eigenvalue weighted by Gasteiger charge is 2.07. The third kappa shape index (κ3) is 4.67. The molecule has 0 spiro atoms. The monoisotopic (exact) mass is 470 g/mol. The van der Waals surface area contributed by atoms with Gasteiger partial charge in [0.25, 0.3) is 0 Å². The average Bonchev–Trinajstić information content (AvgIpc) is 3.06. The number of guanidine groups is 1. The number of benzene rings is 1. The van der Waals surface area contributed by atoms with Gasteiger partial charge in [-0.2, -0.15) is 0 Å². The number of halogens is 2. The van der Waals surface area contributed by atoms with Crippen molar-refractivity contribution in [2.24, 2.45) is 4.99 Å². The molecule has 2 aromatic heterocycles. The molecule has 0 saturated heterocycles. The first-order valence-electron chi connectivity index (χ1n) is 7.82. The Labute approximate surface area is 167 Å². The van der Waals surface area contributed by atoms with Crippen LogP contribution in [0.1, 0.15) is 17.0 Å². The molecular weight excluding hydrogens is 450 g/mol. The predicted octanol–water partition coefficient (Wildman–Crippen LogP) is 1.84. The van der Waals surface area contributed by atoms with E-state index in [1.807, 2.05) is 28.8 Å². The van der Waals surface area contributed by atoms with Crippen molar-refractivity contribution >= 4 is 35.6 Å². The number of fused-ring (bicyclic) bond motifs is 1. The van der Waals surface area contributed by atoms with Gasteiger partial charge in [0, 0.05) is 25.4 Å². The Morgan fingerprint density at radius 1 is 1.19 bits per heavy atom. The highest BCUT2D eigenvalue weighted by Crippen LogP contribution is 2.10. The second-order valence-electron chi connectivity index (χ2n) is 5.41. The zero-order valence-corrected chi connectivity index (χ0v) is 16.5. The molecule has 0 unspecified atom stereocenters. The van der Waals surface area contributed by atoms with E-state index in [1.165, 1.54) is 6.07 Å². The van der Waals surface area contributed by atoms with Crippen LogP contribution in [0.2, 0.25) is 0 Å². The summed E-state index contributed by atoms with van der Waals surface area (Å²) in [7, 11) is 1.67. The molecular formula is C17H20FIN6O. The number of nitrogens with one attached hydrogen (secondary N) is 2. The maximum absolute atomic E-state index is 13.4. The van der Waals surface area contributed by atoms with Crippen molar-refractivity contribution in [1.82, 2.24) is 25.2 Å². The van der Waals surface area contributed by atoms with Gasteiger partial charge in [-0.05, 0) is 29.8 Å². The summed E-state index contributed by atoms with van der Waals surface area (Å²) in [5.41, 5.74) is 1.91. The smallest absolute Gasteiger partial charge is 0.191 e. The van der Waals surface area contributed by atoms with Gasteiger partial charge in [0.05, 0.1) is 13.2 Å². The van der Waals surface area contributed by atoms with Gasteiger partial charge < -0.3 is 15.7 Å². The average molecular weight is 470 g/mol. The second kappa shape index (κ2) is 9.43. The minimum atomic E-state index is -0.410. The van der Waals surface area contributed by atoms with Crippen molar-refractivity contribution in [3.8, 4) is 0 Å². The van der Waals surface area contributed by atoms with Crippen molar-refractivity contribution < 1.29 is 9.50 Å². The zero-order valence-electron chi connectivity index (χ0n) is 14.2. The molecule has 0 saturated carbocycles. The van der Waals surface area contributed by atoms with Crippen LogP contribution in [0.25, 0.3) is 5.65 Å². The lowest BCUT2D eigenvalue weighted by Crippen LogP contribution is -2.36. The van der Waals surface area contributed by atoms with Crippen LogP contribution in [-0.4, -0.2) is 32.7 Å². The number of aliphatic imine (C=N–C) groups is 1. The normalized spacial score (nSPS) is 11.3. The van der Waals surface area contributed by atoms with E-state index >= 15 is 0 Å². The van der Waals surface area contributed by atoms with Crippen LogP contribution in [0, 0.1) is 5.82 Å². The molecule has 1 aromatic carbocycles. The number of aliphatic hydroxyl groups is 1. The lowest BCUT2D eigenvalue weighted by atomic mass is 10.1. The van der Waals surface area contributed by atoms with E-state index in [9.17, 15) is 4.39 Å². The largest absolute Gasteiger partial charge is 0.392 e. The van der Waals surface area contributed by atoms with Crippen LogP contribution < -0.4 is 10.6 Å². The van der Waals surface area contributed by atoms with Gasteiger partial charge in [0.2, 0.25) is 0 Å². The molecule has 26 heavy (non-hydrogen) atoms. The van der Waals surface area contributed by atoms with Gasteiger partial charge >= 0.3 is 0 Å². The highest BCUT2D eigenvalue weighted by molar-refractivity contribution is 14.0. The molecule has 3 N–H and O–H groups in total. The lowest BCUT2D eigenvalue weighted by Gasteiger charge is -2.12. The molecule has 0 atom stereocenters. The SMILES string of the molecule is CN=C(NCc1ccc(F)c(CO)c1)NCc1nnc2ccccn12.I. The molecule has 0 aliphatic heterocycles. The summed E-state index contributed by atoms with van der Waals surface area (Å²) < 4.78 is 15.3. The highest BCUT2D eigenvalue weighted by atomic mass is 127. The fraction of sp³-hybridized carbons (Fsp3) is 0.235. The maximum atomic E-state index is 13.4. The quantitative estimate of drug-likeness (QED) is 0.301. The first-order chi connectivity index (χ1) is 12.2. The molecule has 0 bridgehead atoms. The van der Waals surface area contributed by atoms with Crippen LogP contribution in [0.4, 0.5) is 4.39 Å². The van der Waals surface area contributed by atoms with Gasteiger partial charge in [-0.15, -0.1) is 34.2 Å². The van der Waals surface area contributed by atoms with E-state index in [2.05, 4.69) is 25.8 Å². The van der Waals surface area contributed by atoms with E-state index < -0.39 is 5.82 Å². The van der Waals surface area contributed by atoms with Crippen LogP contribution in [0.15, 0.2) is 47.6 Å². The second-order valence-corrected chi connectivity index (χ2v) is 5.41. The fourth-order valence-electron chi connectivity index (χ4n) is 2.44. The molecule has 9 heteroatoms. The molecule has 3 aromatic rings. The number of rotatable bonds is 5. The minimum absolute atomic E-state index is 0. The number of hydrogen-bond acceptors (Lipinski definition) is 4. The summed E-state index contributed by atoms with van der Waals surface area (Å²) in [5.74, 6) is 0.942. The summed E-state index contributed by atoms with van der Waals surface area (Å²) >= 11 is 0. The van der Waals surface area contributed by atoms with Crippen molar-refractivity contribution in [3.05, 3.63) is 65.4 Å². The molecule has 0 amide bonds. The molecule has 2 heterocycles. The molecule has 0 radical (unpaired) electrons. The Balaban J connectivity index is 0.00000243. The molecule has 0 fully saturated rings. The van der Waals surface area contributed by atoms with Crippen LogP contribution in [0.5, 0.6) is 0 Å². The van der Waals surface area contributed by atoms with E-state index in [0.29, 0.717) is 19.0 Å². The Morgan fingerprint density at radius 2 is 2.00 bits per heavy atom.